The van der Waals surface area contributed by atoms with Crippen molar-refractivity contribution in [2.45, 2.75) is 25.7 Å². The van der Waals surface area contributed by atoms with Gasteiger partial charge in [0.15, 0.2) is 11.8 Å². The molecule has 0 fully saturated rings. The fraction of sp³-hybridized carbons (Fsp3) is 0.286. The van der Waals surface area contributed by atoms with Gasteiger partial charge in [0.1, 0.15) is 11.6 Å². The van der Waals surface area contributed by atoms with Gasteiger partial charge in [-0.15, -0.1) is 0 Å². The lowest BCUT2D eigenvalue weighted by Gasteiger charge is -2.23. The zero-order valence-electron chi connectivity index (χ0n) is 12.2. The molecule has 0 radical (unpaired) electrons. The topological polar surface area (TPSA) is 67.2 Å². The van der Waals surface area contributed by atoms with E-state index < -0.39 is 35.4 Å². The van der Waals surface area contributed by atoms with Gasteiger partial charge in [-0.2, -0.15) is 13.2 Å². The summed E-state index contributed by atoms with van der Waals surface area (Å²) in [6, 6.07) is -0.363. The molecule has 0 bridgehead atoms. The Labute approximate surface area is 132 Å². The lowest BCUT2D eigenvalue weighted by Crippen LogP contribution is -2.44. The van der Waals surface area contributed by atoms with E-state index in [-0.39, 0.29) is 12.3 Å². The monoisotopic (exact) mass is 349 g/mol. The number of alkyl halides is 3. The second-order valence-electron chi connectivity index (χ2n) is 4.87. The third-order valence-electron chi connectivity index (χ3n) is 2.99. The molecule has 0 saturated heterocycles. The van der Waals surface area contributed by atoms with E-state index in [1.54, 1.807) is 6.92 Å². The predicted octanol–water partition coefficient (Wildman–Crippen LogP) is 3.36. The zero-order chi connectivity index (χ0) is 17.9. The van der Waals surface area contributed by atoms with Gasteiger partial charge in [-0.3, -0.25) is 0 Å². The summed E-state index contributed by atoms with van der Waals surface area (Å²) in [5, 5.41) is 7.15. The van der Waals surface area contributed by atoms with Crippen LogP contribution in [0.5, 0.6) is 0 Å². The minimum Gasteiger partial charge on any atom is -0.359 e. The lowest BCUT2D eigenvalue weighted by atomic mass is 10.1. The van der Waals surface area contributed by atoms with Crippen LogP contribution in [-0.4, -0.2) is 17.4 Å². The summed E-state index contributed by atoms with van der Waals surface area (Å²) < 4.78 is 71.2. The van der Waals surface area contributed by atoms with Crippen LogP contribution in [0.1, 0.15) is 23.1 Å². The maximum absolute atomic E-state index is 13.6. The van der Waals surface area contributed by atoms with E-state index >= 15 is 0 Å². The summed E-state index contributed by atoms with van der Waals surface area (Å²) in [4.78, 5) is 11.6. The number of rotatable bonds is 4. The Kier molecular flexibility index (Phi) is 5.05. The van der Waals surface area contributed by atoms with Crippen molar-refractivity contribution in [3.8, 4) is 0 Å². The molecule has 130 valence electrons. The molecule has 2 amide bonds. The molecule has 0 aliphatic rings. The number of hydrogen-bond acceptors (Lipinski definition) is 3. The van der Waals surface area contributed by atoms with Crippen molar-refractivity contribution in [3.63, 3.8) is 0 Å². The second kappa shape index (κ2) is 6.85. The normalized spacial score (nSPS) is 12.8. The van der Waals surface area contributed by atoms with Crippen LogP contribution < -0.4 is 10.6 Å². The van der Waals surface area contributed by atoms with Crippen molar-refractivity contribution in [2.75, 3.05) is 0 Å². The van der Waals surface area contributed by atoms with Gasteiger partial charge in [0, 0.05) is 6.07 Å². The van der Waals surface area contributed by atoms with E-state index in [2.05, 4.69) is 10.5 Å². The Morgan fingerprint density at radius 2 is 1.92 bits per heavy atom. The summed E-state index contributed by atoms with van der Waals surface area (Å²) in [5.74, 6) is -2.62. The largest absolute Gasteiger partial charge is 0.413 e. The third kappa shape index (κ3) is 4.21. The van der Waals surface area contributed by atoms with Gasteiger partial charge < -0.3 is 15.2 Å². The van der Waals surface area contributed by atoms with Crippen LogP contribution >= 0.6 is 0 Å². The standard InChI is InChI=1S/C14H12F5N3O2/c1-7-5-8(24-22-7)6-20-13(23)21-12(14(17,18)19)11-9(15)3-2-4-10(11)16/h2-5,12H,6H2,1H3,(H2,20,21,23)/t12-/m0/s1. The van der Waals surface area contributed by atoms with Gasteiger partial charge in [0.25, 0.3) is 0 Å². The number of carbonyl (C=O) groups is 1. The number of nitrogens with one attached hydrogen (secondary N) is 2. The van der Waals surface area contributed by atoms with Crippen LogP contribution in [0.25, 0.3) is 0 Å². The molecule has 1 atom stereocenters. The number of hydrogen-bond donors (Lipinski definition) is 2. The van der Waals surface area contributed by atoms with Crippen molar-refractivity contribution in [2.24, 2.45) is 0 Å². The summed E-state index contributed by atoms with van der Waals surface area (Å²) >= 11 is 0. The Hall–Kier alpha value is -2.65. The van der Waals surface area contributed by atoms with Crippen LogP contribution in [0.15, 0.2) is 28.8 Å². The molecular weight excluding hydrogens is 337 g/mol. The minimum atomic E-state index is -5.09. The highest BCUT2D eigenvalue weighted by Gasteiger charge is 2.44. The van der Waals surface area contributed by atoms with Gasteiger partial charge in [0.2, 0.25) is 0 Å². The predicted molar refractivity (Wildman–Crippen MR) is 71.8 cm³/mol. The molecular formula is C14H12F5N3O2. The summed E-state index contributed by atoms with van der Waals surface area (Å²) in [6.45, 7) is 1.38. The van der Waals surface area contributed by atoms with Gasteiger partial charge in [0.05, 0.1) is 17.8 Å². The molecule has 2 N–H and O–H groups in total. The molecule has 0 aliphatic heterocycles. The van der Waals surface area contributed by atoms with Gasteiger partial charge in [-0.1, -0.05) is 11.2 Å². The fourth-order valence-electron chi connectivity index (χ4n) is 1.95. The van der Waals surface area contributed by atoms with Crippen molar-refractivity contribution in [1.82, 2.24) is 15.8 Å². The lowest BCUT2D eigenvalue weighted by molar-refractivity contribution is -0.156. The molecule has 24 heavy (non-hydrogen) atoms. The van der Waals surface area contributed by atoms with E-state index in [0.717, 1.165) is 6.07 Å². The molecule has 1 heterocycles. The summed E-state index contributed by atoms with van der Waals surface area (Å²) in [6.07, 6.45) is -5.09. The van der Waals surface area contributed by atoms with Gasteiger partial charge >= 0.3 is 12.2 Å². The molecule has 0 saturated carbocycles. The van der Waals surface area contributed by atoms with Gasteiger partial charge in [-0.25, -0.2) is 13.6 Å². The smallest absolute Gasteiger partial charge is 0.359 e. The van der Waals surface area contributed by atoms with Crippen molar-refractivity contribution >= 4 is 6.03 Å². The Morgan fingerprint density at radius 3 is 2.42 bits per heavy atom. The van der Waals surface area contributed by atoms with E-state index in [1.807, 2.05) is 0 Å². The van der Waals surface area contributed by atoms with E-state index in [9.17, 15) is 26.7 Å². The molecule has 10 heteroatoms. The number of benzene rings is 1. The molecule has 0 unspecified atom stereocenters. The minimum absolute atomic E-state index is 0.211. The average molecular weight is 349 g/mol. The first-order valence-corrected chi connectivity index (χ1v) is 6.65. The number of carbonyl (C=O) groups excluding carboxylic acids is 1. The highest BCUT2D eigenvalue weighted by Crippen LogP contribution is 2.35. The van der Waals surface area contributed by atoms with E-state index in [4.69, 9.17) is 4.52 Å². The van der Waals surface area contributed by atoms with Crippen molar-refractivity contribution in [1.29, 1.82) is 0 Å². The highest BCUT2D eigenvalue weighted by atomic mass is 19.4. The van der Waals surface area contributed by atoms with Crippen LogP contribution in [0.3, 0.4) is 0 Å². The Morgan fingerprint density at radius 1 is 1.29 bits per heavy atom. The molecule has 1 aromatic carbocycles. The number of nitrogens with zero attached hydrogens (tertiary/aromatic N) is 1. The van der Waals surface area contributed by atoms with Crippen LogP contribution in [0, 0.1) is 18.6 Å². The van der Waals surface area contributed by atoms with Crippen molar-refractivity contribution < 1.29 is 31.3 Å². The number of aryl methyl sites for hydroxylation is 1. The van der Waals surface area contributed by atoms with Crippen LogP contribution in [0.2, 0.25) is 0 Å². The molecule has 0 spiro atoms. The highest BCUT2D eigenvalue weighted by molar-refractivity contribution is 5.74. The van der Waals surface area contributed by atoms with Crippen LogP contribution in [0.4, 0.5) is 26.7 Å². The molecule has 2 rings (SSSR count). The Balaban J connectivity index is 2.13. The van der Waals surface area contributed by atoms with Crippen LogP contribution in [-0.2, 0) is 6.54 Å². The molecule has 5 nitrogen and oxygen atoms in total. The Bertz CT molecular complexity index is 709. The molecule has 1 aromatic heterocycles. The maximum Gasteiger partial charge on any atom is 0.413 e. The van der Waals surface area contributed by atoms with Crippen molar-refractivity contribution in [3.05, 3.63) is 52.9 Å². The SMILES string of the molecule is Cc1cc(CNC(=O)N[C@@H](c2c(F)cccc2F)C(F)(F)F)on1. The quantitative estimate of drug-likeness (QED) is 0.832. The number of halogens is 5. The second-order valence-corrected chi connectivity index (χ2v) is 4.87. The molecule has 2 aromatic rings. The number of urea groups is 1. The first kappa shape index (κ1) is 17.7. The summed E-state index contributed by atoms with van der Waals surface area (Å²) in [5.41, 5.74) is -0.760. The van der Waals surface area contributed by atoms with Gasteiger partial charge in [-0.05, 0) is 19.1 Å². The average Bonchev–Trinajstić information content (AvgIpc) is 2.88. The maximum atomic E-state index is 13.6. The van der Waals surface area contributed by atoms with E-state index in [1.165, 1.54) is 11.4 Å². The van der Waals surface area contributed by atoms with E-state index in [0.29, 0.717) is 17.8 Å². The third-order valence-corrected chi connectivity index (χ3v) is 2.99. The number of amides is 2. The first-order valence-electron chi connectivity index (χ1n) is 6.65. The fourth-order valence-corrected chi connectivity index (χ4v) is 1.95. The summed E-state index contributed by atoms with van der Waals surface area (Å²) in [7, 11) is 0. The zero-order valence-corrected chi connectivity index (χ0v) is 12.2. The number of aromatic nitrogens is 1. The molecule has 0 aliphatic carbocycles. The first-order chi connectivity index (χ1) is 11.2.